The third kappa shape index (κ3) is 3.78. The van der Waals surface area contributed by atoms with E-state index in [0.717, 1.165) is 5.56 Å². The van der Waals surface area contributed by atoms with E-state index in [9.17, 15) is 4.79 Å². The molecule has 4 aromatic rings. The number of fused-ring (bicyclic) bond motifs is 1. The van der Waals surface area contributed by atoms with E-state index < -0.39 is 0 Å². The molecule has 0 spiro atoms. The van der Waals surface area contributed by atoms with Crippen LogP contribution in [0.2, 0.25) is 15.1 Å². The Balaban J connectivity index is 1.85. The first kappa shape index (κ1) is 19.3. The van der Waals surface area contributed by atoms with Gasteiger partial charge in [0.1, 0.15) is 0 Å². The van der Waals surface area contributed by atoms with Crippen LogP contribution in [0.5, 0.6) is 0 Å². The summed E-state index contributed by atoms with van der Waals surface area (Å²) in [7, 11) is 0. The number of thioether (sulfide) groups is 1. The van der Waals surface area contributed by atoms with Gasteiger partial charge in [-0.05, 0) is 42.0 Å². The lowest BCUT2D eigenvalue weighted by atomic mass is 10.2. The molecule has 0 N–H and O–H groups in total. The van der Waals surface area contributed by atoms with Crippen molar-refractivity contribution in [3.05, 3.63) is 97.7 Å². The molecule has 0 aliphatic carbocycles. The summed E-state index contributed by atoms with van der Waals surface area (Å²) in [5.74, 6) is 0.533. The van der Waals surface area contributed by atoms with E-state index >= 15 is 0 Å². The van der Waals surface area contributed by atoms with Gasteiger partial charge in [-0.1, -0.05) is 76.9 Å². The third-order valence-corrected chi connectivity index (χ3v) is 6.10. The van der Waals surface area contributed by atoms with E-state index in [1.54, 1.807) is 34.9 Å². The molecule has 0 atom stereocenters. The number of para-hydroxylation sites is 2. The highest BCUT2D eigenvalue weighted by atomic mass is 35.5. The maximum atomic E-state index is 13.2. The van der Waals surface area contributed by atoms with Crippen molar-refractivity contribution >= 4 is 57.5 Å². The van der Waals surface area contributed by atoms with Gasteiger partial charge in [0.25, 0.3) is 5.56 Å². The van der Waals surface area contributed by atoms with Crippen LogP contribution in [0.15, 0.2) is 76.7 Å². The van der Waals surface area contributed by atoms with Crippen LogP contribution in [0.3, 0.4) is 0 Å². The molecule has 3 nitrogen and oxygen atoms in total. The average Bonchev–Trinajstić information content (AvgIpc) is 2.68. The predicted molar refractivity (Wildman–Crippen MR) is 118 cm³/mol. The predicted octanol–water partition coefficient (Wildman–Crippen LogP) is 6.64. The van der Waals surface area contributed by atoms with Crippen LogP contribution in [-0.2, 0) is 5.75 Å². The fourth-order valence-electron chi connectivity index (χ4n) is 2.84. The SMILES string of the molecule is O=c1c2ccccc2nc(SCc2ccc(Cl)cc2Cl)n1-c1ccccc1Cl. The van der Waals surface area contributed by atoms with Crippen LogP contribution < -0.4 is 5.56 Å². The number of rotatable bonds is 4. The van der Waals surface area contributed by atoms with Gasteiger partial charge in [0.05, 0.1) is 21.6 Å². The molecule has 28 heavy (non-hydrogen) atoms. The first-order chi connectivity index (χ1) is 13.5. The van der Waals surface area contributed by atoms with E-state index in [4.69, 9.17) is 39.8 Å². The molecule has 0 unspecified atom stereocenters. The Labute approximate surface area is 180 Å². The highest BCUT2D eigenvalue weighted by Gasteiger charge is 2.16. The molecule has 0 amide bonds. The molecule has 1 heterocycles. The summed E-state index contributed by atoms with van der Waals surface area (Å²) in [6.45, 7) is 0. The van der Waals surface area contributed by atoms with E-state index in [1.807, 2.05) is 36.4 Å². The second kappa shape index (κ2) is 8.18. The molecule has 0 bridgehead atoms. The minimum Gasteiger partial charge on any atom is -0.268 e. The molecular weight excluding hydrogens is 435 g/mol. The van der Waals surface area contributed by atoms with Gasteiger partial charge in [0, 0.05) is 15.8 Å². The monoisotopic (exact) mass is 446 g/mol. The highest BCUT2D eigenvalue weighted by molar-refractivity contribution is 7.98. The molecule has 0 saturated carbocycles. The van der Waals surface area contributed by atoms with Crippen LogP contribution >= 0.6 is 46.6 Å². The van der Waals surface area contributed by atoms with Gasteiger partial charge in [-0.15, -0.1) is 0 Å². The molecule has 0 aliphatic rings. The van der Waals surface area contributed by atoms with E-state index in [1.165, 1.54) is 11.8 Å². The van der Waals surface area contributed by atoms with Crippen molar-refractivity contribution in [3.63, 3.8) is 0 Å². The van der Waals surface area contributed by atoms with Crippen molar-refractivity contribution in [2.45, 2.75) is 10.9 Å². The van der Waals surface area contributed by atoms with Crippen LogP contribution in [0.4, 0.5) is 0 Å². The van der Waals surface area contributed by atoms with Crippen molar-refractivity contribution in [2.75, 3.05) is 0 Å². The van der Waals surface area contributed by atoms with E-state index in [2.05, 4.69) is 0 Å². The number of nitrogens with zero attached hydrogens (tertiary/aromatic N) is 2. The normalized spacial score (nSPS) is 11.1. The highest BCUT2D eigenvalue weighted by Crippen LogP contribution is 2.30. The molecule has 7 heteroatoms. The summed E-state index contributed by atoms with van der Waals surface area (Å²) in [6.07, 6.45) is 0. The van der Waals surface area contributed by atoms with Crippen molar-refractivity contribution in [3.8, 4) is 5.69 Å². The van der Waals surface area contributed by atoms with Gasteiger partial charge >= 0.3 is 0 Å². The number of hydrogen-bond acceptors (Lipinski definition) is 3. The Morgan fingerprint density at radius 1 is 0.893 bits per heavy atom. The summed E-state index contributed by atoms with van der Waals surface area (Å²) in [4.78, 5) is 17.9. The lowest BCUT2D eigenvalue weighted by Crippen LogP contribution is -2.22. The summed E-state index contributed by atoms with van der Waals surface area (Å²) in [5, 5.41) is 2.72. The average molecular weight is 448 g/mol. The zero-order chi connectivity index (χ0) is 19.7. The maximum absolute atomic E-state index is 13.2. The van der Waals surface area contributed by atoms with Crippen LogP contribution in [0.1, 0.15) is 5.56 Å². The Bertz CT molecular complexity index is 1240. The van der Waals surface area contributed by atoms with Crippen molar-refractivity contribution in [1.29, 1.82) is 0 Å². The number of benzene rings is 3. The molecule has 0 radical (unpaired) electrons. The second-order valence-corrected chi connectivity index (χ2v) is 8.22. The molecule has 140 valence electrons. The zero-order valence-electron chi connectivity index (χ0n) is 14.4. The second-order valence-electron chi connectivity index (χ2n) is 6.03. The first-order valence-corrected chi connectivity index (χ1v) is 10.5. The number of hydrogen-bond donors (Lipinski definition) is 0. The molecule has 0 saturated heterocycles. The van der Waals surface area contributed by atoms with Gasteiger partial charge in [-0.2, -0.15) is 0 Å². The minimum absolute atomic E-state index is 0.164. The molecule has 0 aliphatic heterocycles. The van der Waals surface area contributed by atoms with Crippen LogP contribution in [0.25, 0.3) is 16.6 Å². The lowest BCUT2D eigenvalue weighted by molar-refractivity contribution is 0.820. The van der Waals surface area contributed by atoms with Gasteiger partial charge < -0.3 is 0 Å². The van der Waals surface area contributed by atoms with E-state index in [0.29, 0.717) is 42.6 Å². The topological polar surface area (TPSA) is 34.9 Å². The summed E-state index contributed by atoms with van der Waals surface area (Å²) < 4.78 is 1.55. The van der Waals surface area contributed by atoms with Crippen molar-refractivity contribution < 1.29 is 0 Å². The first-order valence-electron chi connectivity index (χ1n) is 8.38. The number of aromatic nitrogens is 2. The van der Waals surface area contributed by atoms with Crippen molar-refractivity contribution in [2.24, 2.45) is 0 Å². The van der Waals surface area contributed by atoms with Gasteiger partial charge in [-0.25, -0.2) is 4.98 Å². The fourth-order valence-corrected chi connectivity index (χ4v) is 4.62. The van der Waals surface area contributed by atoms with E-state index in [-0.39, 0.29) is 5.56 Å². The van der Waals surface area contributed by atoms with Crippen molar-refractivity contribution in [1.82, 2.24) is 9.55 Å². The molecule has 1 aromatic heterocycles. The van der Waals surface area contributed by atoms with Gasteiger partial charge in [-0.3, -0.25) is 9.36 Å². The fraction of sp³-hybridized carbons (Fsp3) is 0.0476. The van der Waals surface area contributed by atoms with Crippen LogP contribution in [-0.4, -0.2) is 9.55 Å². The van der Waals surface area contributed by atoms with Gasteiger partial charge in [0.2, 0.25) is 0 Å². The molecule has 4 rings (SSSR count). The molecule has 3 aromatic carbocycles. The zero-order valence-corrected chi connectivity index (χ0v) is 17.5. The smallest absolute Gasteiger partial charge is 0.266 e. The van der Waals surface area contributed by atoms with Crippen LogP contribution in [0, 0.1) is 0 Å². The summed E-state index contributed by atoms with van der Waals surface area (Å²) in [6, 6.07) is 19.9. The van der Waals surface area contributed by atoms with Gasteiger partial charge in [0.15, 0.2) is 5.16 Å². The quantitative estimate of drug-likeness (QED) is 0.260. The summed E-state index contributed by atoms with van der Waals surface area (Å²) in [5.41, 5.74) is 1.98. The Morgan fingerprint density at radius 3 is 2.43 bits per heavy atom. The minimum atomic E-state index is -0.164. The molecule has 0 fully saturated rings. The maximum Gasteiger partial charge on any atom is 0.266 e. The Kier molecular flexibility index (Phi) is 5.65. The third-order valence-electron chi connectivity index (χ3n) is 4.21. The standard InChI is InChI=1S/C21H13Cl3N2OS/c22-14-10-9-13(17(24)11-14)12-28-21-25-18-7-3-1-5-15(18)20(27)26(21)19-8-4-2-6-16(19)23/h1-11H,12H2. The molecular formula is C21H13Cl3N2OS. The number of halogens is 3. The Hall–Kier alpha value is -1.98. The largest absolute Gasteiger partial charge is 0.268 e. The Morgan fingerprint density at radius 2 is 1.64 bits per heavy atom. The lowest BCUT2D eigenvalue weighted by Gasteiger charge is -2.14. The summed E-state index contributed by atoms with van der Waals surface area (Å²) >= 11 is 20.1.